The lowest BCUT2D eigenvalue weighted by Gasteiger charge is -2.29. The van der Waals surface area contributed by atoms with Crippen LogP contribution in [0.2, 0.25) is 12.6 Å². The van der Waals surface area contributed by atoms with E-state index in [0.717, 1.165) is 50.6 Å². The molecule has 0 aliphatic carbocycles. The molecule has 1 fully saturated rings. The Hall–Kier alpha value is -1.13. The molecule has 1 rings (SSSR count). The van der Waals surface area contributed by atoms with Crippen molar-refractivity contribution in [3.63, 3.8) is 0 Å². The van der Waals surface area contributed by atoms with E-state index in [-0.39, 0.29) is 19.1 Å². The van der Waals surface area contributed by atoms with E-state index in [9.17, 15) is 4.79 Å². The van der Waals surface area contributed by atoms with E-state index in [1.807, 2.05) is 0 Å². The maximum atomic E-state index is 12.4. The number of cyclic esters (lactones) is 1. The fourth-order valence-electron chi connectivity index (χ4n) is 3.11. The third-order valence-electron chi connectivity index (χ3n) is 4.84. The summed E-state index contributed by atoms with van der Waals surface area (Å²) in [5, 5.41) is 0. The summed E-state index contributed by atoms with van der Waals surface area (Å²) in [6.45, 7) is 11.5. The maximum Gasteiger partial charge on any atom is 0.417 e. The summed E-state index contributed by atoms with van der Waals surface area (Å²) in [5.41, 5.74) is 0. The lowest BCUT2D eigenvalue weighted by molar-refractivity contribution is 0.149. The minimum absolute atomic E-state index is 0.0679. The number of hydrogen-bond donors (Lipinski definition) is 0. The van der Waals surface area contributed by atoms with E-state index < -0.39 is 0 Å². The van der Waals surface area contributed by atoms with Crippen molar-refractivity contribution in [1.82, 2.24) is 4.90 Å². The van der Waals surface area contributed by atoms with E-state index in [0.29, 0.717) is 12.5 Å². The van der Waals surface area contributed by atoms with E-state index in [2.05, 4.69) is 40.7 Å². The third kappa shape index (κ3) is 7.33. The Morgan fingerprint density at radius 3 is 2.32 bits per heavy atom. The van der Waals surface area contributed by atoms with Gasteiger partial charge in [0.2, 0.25) is 0 Å². The minimum atomic E-state index is -0.258. The highest BCUT2D eigenvalue weighted by atomic mass is 16.6. The first kappa shape index (κ1) is 21.9. The van der Waals surface area contributed by atoms with Gasteiger partial charge in [-0.05, 0) is 37.5 Å². The SMILES string of the molecule is CCCC/C=C(/OB(CCCC)CCCC)N1C(=O)OCC1C(C)C. The molecule has 0 radical (unpaired) electrons. The van der Waals surface area contributed by atoms with Crippen LogP contribution < -0.4 is 0 Å². The molecule has 1 amide bonds. The van der Waals surface area contributed by atoms with E-state index in [1.54, 1.807) is 4.90 Å². The van der Waals surface area contributed by atoms with Gasteiger partial charge in [-0.15, -0.1) is 0 Å². The van der Waals surface area contributed by atoms with Gasteiger partial charge in [0.25, 0.3) is 0 Å². The molecule has 0 aromatic rings. The minimum Gasteiger partial charge on any atom is -0.549 e. The Balaban J connectivity index is 2.92. The van der Waals surface area contributed by atoms with E-state index in [4.69, 9.17) is 9.39 Å². The quantitative estimate of drug-likeness (QED) is 0.228. The van der Waals surface area contributed by atoms with Gasteiger partial charge in [-0.2, -0.15) is 0 Å². The molecule has 1 saturated heterocycles. The summed E-state index contributed by atoms with van der Waals surface area (Å²) in [5.74, 6) is 1.07. The zero-order valence-electron chi connectivity index (χ0n) is 17.1. The summed E-state index contributed by atoms with van der Waals surface area (Å²) in [7, 11) is 0. The molecule has 1 heterocycles. The first-order valence-electron chi connectivity index (χ1n) is 10.4. The second-order valence-corrected chi connectivity index (χ2v) is 7.47. The van der Waals surface area contributed by atoms with Crippen molar-refractivity contribution in [2.24, 2.45) is 5.92 Å². The molecule has 1 aliphatic rings. The zero-order valence-corrected chi connectivity index (χ0v) is 17.1. The molecule has 25 heavy (non-hydrogen) atoms. The van der Waals surface area contributed by atoms with Gasteiger partial charge in [-0.25, -0.2) is 9.69 Å². The van der Waals surface area contributed by atoms with Crippen LogP contribution in [0.5, 0.6) is 0 Å². The van der Waals surface area contributed by atoms with Crippen molar-refractivity contribution < 1.29 is 14.2 Å². The van der Waals surface area contributed by atoms with Crippen LogP contribution in [0, 0.1) is 5.92 Å². The average molecular weight is 351 g/mol. The number of hydrogen-bond acceptors (Lipinski definition) is 3. The number of amides is 1. The normalized spacial score (nSPS) is 18.0. The van der Waals surface area contributed by atoms with Crippen LogP contribution in [0.3, 0.4) is 0 Å². The highest BCUT2D eigenvalue weighted by Crippen LogP contribution is 2.27. The van der Waals surface area contributed by atoms with Crippen molar-refractivity contribution in [2.45, 2.75) is 98.2 Å². The van der Waals surface area contributed by atoms with Gasteiger partial charge < -0.3 is 9.39 Å². The molecule has 1 aliphatic heterocycles. The molecule has 5 heteroatoms. The summed E-state index contributed by atoms with van der Waals surface area (Å²) < 4.78 is 11.8. The van der Waals surface area contributed by atoms with Gasteiger partial charge >= 0.3 is 13.0 Å². The predicted molar refractivity (Wildman–Crippen MR) is 106 cm³/mol. The molecule has 1 unspecified atom stereocenters. The zero-order chi connectivity index (χ0) is 18.7. The van der Waals surface area contributed by atoms with Crippen LogP contribution >= 0.6 is 0 Å². The molecule has 0 N–H and O–H groups in total. The summed E-state index contributed by atoms with van der Waals surface area (Å²) in [6.07, 6.45) is 11.8. The van der Waals surface area contributed by atoms with Gasteiger partial charge in [0.05, 0.1) is 6.04 Å². The molecule has 4 nitrogen and oxygen atoms in total. The molecule has 144 valence electrons. The summed E-state index contributed by atoms with van der Waals surface area (Å²) >= 11 is 0. The number of allylic oxidation sites excluding steroid dienone is 1. The molecule has 0 aromatic heterocycles. The van der Waals surface area contributed by atoms with Crippen LogP contribution in [-0.2, 0) is 9.39 Å². The Morgan fingerprint density at radius 1 is 1.20 bits per heavy atom. The van der Waals surface area contributed by atoms with Crippen LogP contribution in [0.15, 0.2) is 12.0 Å². The van der Waals surface area contributed by atoms with Gasteiger partial charge in [0, 0.05) is 0 Å². The second-order valence-electron chi connectivity index (χ2n) is 7.47. The van der Waals surface area contributed by atoms with Crippen molar-refractivity contribution in [2.75, 3.05) is 6.61 Å². The highest BCUT2D eigenvalue weighted by molar-refractivity contribution is 6.52. The smallest absolute Gasteiger partial charge is 0.417 e. The molecule has 0 spiro atoms. The van der Waals surface area contributed by atoms with Gasteiger partial charge in [0.1, 0.15) is 6.61 Å². The van der Waals surface area contributed by atoms with Crippen molar-refractivity contribution in [3.8, 4) is 0 Å². The topological polar surface area (TPSA) is 38.8 Å². The fourth-order valence-corrected chi connectivity index (χ4v) is 3.11. The van der Waals surface area contributed by atoms with Gasteiger partial charge in [0.15, 0.2) is 5.88 Å². The largest absolute Gasteiger partial charge is 0.549 e. The number of nitrogens with zero attached hydrogens (tertiary/aromatic N) is 1. The monoisotopic (exact) mass is 351 g/mol. The first-order valence-corrected chi connectivity index (χ1v) is 10.4. The van der Waals surface area contributed by atoms with E-state index in [1.165, 1.54) is 12.8 Å². The molecule has 0 bridgehead atoms. The summed E-state index contributed by atoms with van der Waals surface area (Å²) in [6, 6.07) is 0.0679. The number of carbonyl (C=O) groups is 1. The molecular weight excluding hydrogens is 313 g/mol. The van der Waals surface area contributed by atoms with Crippen molar-refractivity contribution in [3.05, 3.63) is 12.0 Å². The number of unbranched alkanes of at least 4 members (excludes halogenated alkanes) is 4. The van der Waals surface area contributed by atoms with E-state index >= 15 is 0 Å². The molecule has 0 saturated carbocycles. The number of carbonyl (C=O) groups excluding carboxylic acids is 1. The number of rotatable bonds is 13. The predicted octanol–water partition coefficient (Wildman–Crippen LogP) is 6.10. The Morgan fingerprint density at radius 2 is 1.80 bits per heavy atom. The lowest BCUT2D eigenvalue weighted by atomic mass is 9.59. The van der Waals surface area contributed by atoms with Crippen molar-refractivity contribution >= 4 is 13.0 Å². The lowest BCUT2D eigenvalue weighted by Crippen LogP contribution is -2.39. The van der Waals surface area contributed by atoms with Crippen LogP contribution in [-0.4, -0.2) is 30.6 Å². The molecular formula is C20H38BNO3. The standard InChI is InChI=1S/C20H38BNO3/c1-6-9-12-13-19(22-18(17(4)5)16-24-20(22)23)25-21(14-10-7-2)15-11-8-3/h13,17-18H,6-12,14-16H2,1-5H3/b19-13+. The van der Waals surface area contributed by atoms with Gasteiger partial charge in [-0.1, -0.05) is 66.7 Å². The van der Waals surface area contributed by atoms with Gasteiger partial charge in [-0.3, -0.25) is 0 Å². The van der Waals surface area contributed by atoms with Crippen LogP contribution in [0.4, 0.5) is 4.79 Å². The fraction of sp³-hybridized carbons (Fsp3) is 0.850. The number of ether oxygens (including phenoxy) is 1. The summed E-state index contributed by atoms with van der Waals surface area (Å²) in [4.78, 5) is 14.1. The van der Waals surface area contributed by atoms with Crippen LogP contribution in [0.25, 0.3) is 0 Å². The first-order chi connectivity index (χ1) is 12.0. The molecule has 0 aromatic carbocycles. The van der Waals surface area contributed by atoms with Crippen LogP contribution in [0.1, 0.15) is 79.6 Å². The highest BCUT2D eigenvalue weighted by Gasteiger charge is 2.39. The Labute approximate surface area is 155 Å². The molecule has 1 atom stereocenters. The Kier molecular flexibility index (Phi) is 10.8. The second kappa shape index (κ2) is 12.3. The average Bonchev–Trinajstić information content (AvgIpc) is 2.98. The maximum absolute atomic E-state index is 12.4. The Bertz CT molecular complexity index is 404. The van der Waals surface area contributed by atoms with Crippen molar-refractivity contribution in [1.29, 1.82) is 0 Å². The third-order valence-corrected chi connectivity index (χ3v) is 4.84.